The van der Waals surface area contributed by atoms with Crippen LogP contribution in [0.25, 0.3) is 0 Å². The van der Waals surface area contributed by atoms with Crippen LogP contribution in [-0.2, 0) is 9.53 Å². The van der Waals surface area contributed by atoms with Gasteiger partial charge in [-0.25, -0.2) is 4.79 Å². The summed E-state index contributed by atoms with van der Waals surface area (Å²) in [5, 5.41) is 2.39. The fourth-order valence-corrected chi connectivity index (χ4v) is 1.33. The zero-order valence-corrected chi connectivity index (χ0v) is 12.4. The van der Waals surface area contributed by atoms with E-state index in [1.807, 2.05) is 19.1 Å². The Bertz CT molecular complexity index is 460. The van der Waals surface area contributed by atoms with E-state index in [9.17, 15) is 9.59 Å². The maximum Gasteiger partial charge on any atom is 0.408 e. The van der Waals surface area contributed by atoms with E-state index in [4.69, 9.17) is 9.47 Å². The predicted molar refractivity (Wildman–Crippen MR) is 75.9 cm³/mol. The molecule has 0 aromatic heterocycles. The van der Waals surface area contributed by atoms with Crippen molar-refractivity contribution in [2.45, 2.75) is 33.3 Å². The van der Waals surface area contributed by atoms with Gasteiger partial charge in [-0.1, -0.05) is 17.7 Å². The zero-order valence-electron chi connectivity index (χ0n) is 12.4. The Labute approximate surface area is 119 Å². The number of ketones is 1. The van der Waals surface area contributed by atoms with Crippen LogP contribution in [0.5, 0.6) is 5.75 Å². The van der Waals surface area contributed by atoms with Gasteiger partial charge in [0.2, 0.25) is 0 Å². The molecule has 0 bridgehead atoms. The highest BCUT2D eigenvalue weighted by Crippen LogP contribution is 2.11. The van der Waals surface area contributed by atoms with Gasteiger partial charge in [0.25, 0.3) is 0 Å². The van der Waals surface area contributed by atoms with E-state index in [0.29, 0.717) is 5.75 Å². The Kier molecular flexibility index (Phi) is 5.55. The zero-order chi connectivity index (χ0) is 15.2. The van der Waals surface area contributed by atoms with Crippen LogP contribution in [0.15, 0.2) is 24.3 Å². The van der Waals surface area contributed by atoms with Gasteiger partial charge < -0.3 is 14.8 Å². The molecule has 1 N–H and O–H groups in total. The Balaban J connectivity index is 2.27. The Morgan fingerprint density at radius 3 is 2.30 bits per heavy atom. The molecule has 0 aliphatic heterocycles. The molecule has 0 atom stereocenters. The van der Waals surface area contributed by atoms with Crippen LogP contribution in [-0.4, -0.2) is 30.6 Å². The van der Waals surface area contributed by atoms with E-state index in [0.717, 1.165) is 5.56 Å². The van der Waals surface area contributed by atoms with E-state index >= 15 is 0 Å². The maximum atomic E-state index is 11.6. The fraction of sp³-hybridized carbons (Fsp3) is 0.467. The molecule has 0 heterocycles. The molecular formula is C15H21NO4. The largest absolute Gasteiger partial charge is 0.486 e. The number of nitrogens with one attached hydrogen (secondary N) is 1. The smallest absolute Gasteiger partial charge is 0.408 e. The average molecular weight is 279 g/mol. The highest BCUT2D eigenvalue weighted by atomic mass is 16.6. The van der Waals surface area contributed by atoms with Crippen molar-refractivity contribution in [3.8, 4) is 5.75 Å². The van der Waals surface area contributed by atoms with Gasteiger partial charge in [0.05, 0.1) is 6.54 Å². The second kappa shape index (κ2) is 6.93. The lowest BCUT2D eigenvalue weighted by molar-refractivity contribution is -0.120. The van der Waals surface area contributed by atoms with Gasteiger partial charge in [0, 0.05) is 0 Å². The van der Waals surface area contributed by atoms with Gasteiger partial charge in [-0.15, -0.1) is 0 Å². The van der Waals surface area contributed by atoms with Crippen molar-refractivity contribution in [2.24, 2.45) is 0 Å². The summed E-state index contributed by atoms with van der Waals surface area (Å²) in [6, 6.07) is 7.39. The Morgan fingerprint density at radius 2 is 1.75 bits per heavy atom. The van der Waals surface area contributed by atoms with E-state index in [1.54, 1.807) is 32.9 Å². The standard InChI is InChI=1S/C15H21NO4/c1-11-5-7-13(8-6-11)19-10-12(17)9-16-14(18)20-15(2,3)4/h5-8H,9-10H2,1-4H3,(H,16,18). The molecule has 1 aromatic carbocycles. The molecule has 1 rings (SSSR count). The van der Waals surface area contributed by atoms with Crippen molar-refractivity contribution >= 4 is 11.9 Å². The topological polar surface area (TPSA) is 64.6 Å². The fourth-order valence-electron chi connectivity index (χ4n) is 1.33. The van der Waals surface area contributed by atoms with Crippen LogP contribution in [0.3, 0.4) is 0 Å². The molecule has 0 saturated carbocycles. The lowest BCUT2D eigenvalue weighted by atomic mass is 10.2. The van der Waals surface area contributed by atoms with Crippen molar-refractivity contribution < 1.29 is 19.1 Å². The van der Waals surface area contributed by atoms with Gasteiger partial charge in [0.15, 0.2) is 5.78 Å². The normalized spacial score (nSPS) is 10.8. The van der Waals surface area contributed by atoms with Gasteiger partial charge in [-0.05, 0) is 39.8 Å². The molecule has 0 fully saturated rings. The molecule has 0 unspecified atom stereocenters. The number of benzene rings is 1. The minimum Gasteiger partial charge on any atom is -0.486 e. The quantitative estimate of drug-likeness (QED) is 0.899. The third-order valence-electron chi connectivity index (χ3n) is 2.25. The summed E-state index contributed by atoms with van der Waals surface area (Å²) in [6.45, 7) is 7.05. The summed E-state index contributed by atoms with van der Waals surface area (Å²) in [4.78, 5) is 22.9. The number of carbonyl (C=O) groups is 2. The number of carbonyl (C=O) groups excluding carboxylic acids is 2. The molecule has 20 heavy (non-hydrogen) atoms. The molecule has 0 aliphatic carbocycles. The molecule has 5 heteroatoms. The molecule has 0 spiro atoms. The number of alkyl carbamates (subject to hydrolysis) is 1. The number of aryl methyl sites for hydroxylation is 1. The van der Waals surface area contributed by atoms with E-state index in [2.05, 4.69) is 5.32 Å². The molecule has 0 aliphatic rings. The Morgan fingerprint density at radius 1 is 1.15 bits per heavy atom. The first-order valence-electron chi connectivity index (χ1n) is 6.44. The van der Waals surface area contributed by atoms with Crippen molar-refractivity contribution in [3.63, 3.8) is 0 Å². The van der Waals surface area contributed by atoms with Gasteiger partial charge in [0.1, 0.15) is 18.0 Å². The van der Waals surface area contributed by atoms with E-state index in [1.165, 1.54) is 0 Å². The average Bonchev–Trinajstić information content (AvgIpc) is 2.33. The van der Waals surface area contributed by atoms with Crippen molar-refractivity contribution in [1.82, 2.24) is 5.32 Å². The lowest BCUT2D eigenvalue weighted by Crippen LogP contribution is -2.36. The van der Waals surface area contributed by atoms with E-state index in [-0.39, 0.29) is 18.9 Å². The molecule has 1 aromatic rings. The van der Waals surface area contributed by atoms with Gasteiger partial charge >= 0.3 is 6.09 Å². The first-order valence-corrected chi connectivity index (χ1v) is 6.44. The second-order valence-electron chi connectivity index (χ2n) is 5.50. The number of Topliss-reactive ketones (excluding diaryl/α,β-unsaturated/α-hetero) is 1. The number of ether oxygens (including phenoxy) is 2. The molecule has 1 amide bonds. The minimum absolute atomic E-state index is 0.0845. The summed E-state index contributed by atoms with van der Waals surface area (Å²) in [5.74, 6) is 0.401. The van der Waals surface area contributed by atoms with Crippen LogP contribution in [0.4, 0.5) is 4.79 Å². The predicted octanol–water partition coefficient (Wildman–Crippen LogP) is 2.47. The summed E-state index contributed by atoms with van der Waals surface area (Å²) in [6.07, 6.45) is -0.610. The maximum absolute atomic E-state index is 11.6. The summed E-state index contributed by atoms with van der Waals surface area (Å²) in [5.41, 5.74) is 0.543. The first-order chi connectivity index (χ1) is 9.26. The number of hydrogen-bond donors (Lipinski definition) is 1. The van der Waals surface area contributed by atoms with Gasteiger partial charge in [-0.2, -0.15) is 0 Å². The minimum atomic E-state index is -0.610. The Hall–Kier alpha value is -2.04. The molecule has 0 radical (unpaired) electrons. The summed E-state index contributed by atoms with van der Waals surface area (Å²) in [7, 11) is 0. The first kappa shape index (κ1) is 16.0. The van der Waals surface area contributed by atoms with Crippen LogP contribution in [0.2, 0.25) is 0 Å². The third kappa shape index (κ3) is 6.78. The molecule has 5 nitrogen and oxygen atoms in total. The second-order valence-corrected chi connectivity index (χ2v) is 5.50. The van der Waals surface area contributed by atoms with Crippen LogP contribution in [0, 0.1) is 6.92 Å². The van der Waals surface area contributed by atoms with Crippen molar-refractivity contribution in [3.05, 3.63) is 29.8 Å². The molecular weight excluding hydrogens is 258 g/mol. The summed E-state index contributed by atoms with van der Waals surface area (Å²) >= 11 is 0. The van der Waals surface area contributed by atoms with Crippen LogP contribution >= 0.6 is 0 Å². The molecule has 0 saturated heterocycles. The summed E-state index contributed by atoms with van der Waals surface area (Å²) < 4.78 is 10.3. The lowest BCUT2D eigenvalue weighted by Gasteiger charge is -2.19. The SMILES string of the molecule is Cc1ccc(OCC(=O)CNC(=O)OC(C)(C)C)cc1. The van der Waals surface area contributed by atoms with Gasteiger partial charge in [-0.3, -0.25) is 4.79 Å². The highest BCUT2D eigenvalue weighted by molar-refractivity contribution is 5.85. The van der Waals surface area contributed by atoms with E-state index < -0.39 is 11.7 Å². The highest BCUT2D eigenvalue weighted by Gasteiger charge is 2.16. The van der Waals surface area contributed by atoms with Crippen LogP contribution < -0.4 is 10.1 Å². The number of hydrogen-bond acceptors (Lipinski definition) is 4. The van der Waals surface area contributed by atoms with Crippen molar-refractivity contribution in [1.29, 1.82) is 0 Å². The third-order valence-corrected chi connectivity index (χ3v) is 2.25. The number of amides is 1. The number of rotatable bonds is 5. The molecule has 110 valence electrons. The monoisotopic (exact) mass is 279 g/mol. The van der Waals surface area contributed by atoms with Crippen LogP contribution in [0.1, 0.15) is 26.3 Å². The van der Waals surface area contributed by atoms with Crippen molar-refractivity contribution in [2.75, 3.05) is 13.2 Å².